The molecule has 154 valence electrons. The number of piperidine rings is 2. The van der Waals surface area contributed by atoms with Crippen molar-refractivity contribution in [3.63, 3.8) is 0 Å². The molecule has 2 saturated heterocycles. The molecular weight excluding hydrogens is 372 g/mol. The summed E-state index contributed by atoms with van der Waals surface area (Å²) in [7, 11) is 0. The van der Waals surface area contributed by atoms with E-state index >= 15 is 0 Å². The number of nitrogens with zero attached hydrogens (tertiary/aromatic N) is 2. The van der Waals surface area contributed by atoms with E-state index in [-0.39, 0.29) is 18.7 Å². The Bertz CT molecular complexity index is 866. The van der Waals surface area contributed by atoms with Gasteiger partial charge < -0.3 is 5.73 Å². The van der Waals surface area contributed by atoms with E-state index in [4.69, 9.17) is 5.73 Å². The summed E-state index contributed by atoms with van der Waals surface area (Å²) in [6.45, 7) is 3.14. The molecule has 29 heavy (non-hydrogen) atoms. The number of hydrogen-bond donors (Lipinski definition) is 2. The second kappa shape index (κ2) is 8.04. The Morgan fingerprint density at radius 1 is 1.10 bits per heavy atom. The van der Waals surface area contributed by atoms with E-state index in [1.807, 2.05) is 6.07 Å². The van der Waals surface area contributed by atoms with Gasteiger partial charge in [0.2, 0.25) is 11.8 Å². The van der Waals surface area contributed by atoms with E-state index in [0.29, 0.717) is 30.1 Å². The van der Waals surface area contributed by atoms with Crippen LogP contribution in [0.4, 0.5) is 0 Å². The fraction of sp³-hybridized carbons (Fsp3) is 0.524. The van der Waals surface area contributed by atoms with E-state index in [0.717, 1.165) is 36.4 Å². The fourth-order valence-corrected chi connectivity index (χ4v) is 4.72. The molecule has 4 amide bonds. The molecule has 0 spiro atoms. The van der Waals surface area contributed by atoms with Crippen LogP contribution in [0.5, 0.6) is 0 Å². The zero-order valence-corrected chi connectivity index (χ0v) is 16.4. The summed E-state index contributed by atoms with van der Waals surface area (Å²) in [5, 5.41) is 2.23. The summed E-state index contributed by atoms with van der Waals surface area (Å²) in [6.07, 6.45) is 3.53. The van der Waals surface area contributed by atoms with Crippen molar-refractivity contribution in [1.29, 1.82) is 0 Å². The molecule has 3 N–H and O–H groups in total. The third-order valence-electron chi connectivity index (χ3n) is 6.13. The predicted molar refractivity (Wildman–Crippen MR) is 105 cm³/mol. The minimum atomic E-state index is -0.933. The lowest BCUT2D eigenvalue weighted by Gasteiger charge is -2.33. The average molecular weight is 398 g/mol. The maximum absolute atomic E-state index is 13.2. The van der Waals surface area contributed by atoms with Gasteiger partial charge in [-0.15, -0.1) is 0 Å². The summed E-state index contributed by atoms with van der Waals surface area (Å²) in [4.78, 5) is 53.1. The van der Waals surface area contributed by atoms with Crippen molar-refractivity contribution in [3.05, 3.63) is 34.9 Å². The van der Waals surface area contributed by atoms with Crippen molar-refractivity contribution < 1.29 is 19.2 Å². The van der Waals surface area contributed by atoms with Gasteiger partial charge in [0.1, 0.15) is 6.04 Å². The summed E-state index contributed by atoms with van der Waals surface area (Å²) < 4.78 is 0. The number of nitrogens with two attached hydrogens (primary N) is 1. The lowest BCUT2D eigenvalue weighted by molar-refractivity contribution is -0.136. The smallest absolute Gasteiger partial charge is 0.262 e. The van der Waals surface area contributed by atoms with Gasteiger partial charge in [-0.05, 0) is 56.3 Å². The van der Waals surface area contributed by atoms with Crippen molar-refractivity contribution in [1.82, 2.24) is 15.1 Å². The molecule has 3 aliphatic heterocycles. The Balaban J connectivity index is 1.56. The van der Waals surface area contributed by atoms with Gasteiger partial charge in [0.15, 0.2) is 0 Å². The molecule has 1 aromatic carbocycles. The third-order valence-corrected chi connectivity index (χ3v) is 6.13. The highest BCUT2D eigenvalue weighted by molar-refractivity contribution is 6.24. The quantitative estimate of drug-likeness (QED) is 0.704. The Morgan fingerprint density at radius 2 is 1.93 bits per heavy atom. The largest absolute Gasteiger partial charge is 0.330 e. The number of nitrogens with one attached hydrogen (secondary N) is 1. The lowest BCUT2D eigenvalue weighted by Crippen LogP contribution is -2.54. The van der Waals surface area contributed by atoms with Crippen LogP contribution in [0.1, 0.15) is 58.4 Å². The van der Waals surface area contributed by atoms with Crippen LogP contribution in [0.25, 0.3) is 0 Å². The number of amides is 4. The lowest BCUT2D eigenvalue weighted by atomic mass is 9.94. The second-order valence-corrected chi connectivity index (χ2v) is 8.11. The SMILES string of the molecule is NCCC1CCCN(Cc2cccc3c2C(=O)N(C2CCC(=O)NC2=O)C3=O)C1. The molecule has 0 radical (unpaired) electrons. The molecular formula is C21H26N4O4. The summed E-state index contributed by atoms with van der Waals surface area (Å²) in [6, 6.07) is 4.37. The Morgan fingerprint density at radius 3 is 2.69 bits per heavy atom. The van der Waals surface area contributed by atoms with Crippen molar-refractivity contribution >= 4 is 23.6 Å². The van der Waals surface area contributed by atoms with Crippen molar-refractivity contribution in [2.45, 2.75) is 44.7 Å². The summed E-state index contributed by atoms with van der Waals surface area (Å²) >= 11 is 0. The van der Waals surface area contributed by atoms with Gasteiger partial charge in [0, 0.05) is 19.5 Å². The van der Waals surface area contributed by atoms with Gasteiger partial charge in [-0.3, -0.25) is 34.3 Å². The average Bonchev–Trinajstić information content (AvgIpc) is 2.94. The molecule has 0 bridgehead atoms. The zero-order valence-electron chi connectivity index (χ0n) is 16.4. The van der Waals surface area contributed by atoms with Crippen molar-refractivity contribution in [2.75, 3.05) is 19.6 Å². The van der Waals surface area contributed by atoms with Crippen molar-refractivity contribution in [2.24, 2.45) is 11.7 Å². The fourth-order valence-electron chi connectivity index (χ4n) is 4.72. The highest BCUT2D eigenvalue weighted by Gasteiger charge is 2.45. The zero-order chi connectivity index (χ0) is 20.5. The maximum atomic E-state index is 13.2. The molecule has 2 atom stereocenters. The van der Waals surface area contributed by atoms with Crippen LogP contribution < -0.4 is 11.1 Å². The summed E-state index contributed by atoms with van der Waals surface area (Å²) in [5.74, 6) is -1.30. The normalized spacial score (nSPS) is 25.3. The number of carbonyl (C=O) groups is 4. The van der Waals surface area contributed by atoms with Gasteiger partial charge in [-0.1, -0.05) is 12.1 Å². The number of likely N-dealkylation sites (tertiary alicyclic amines) is 1. The number of rotatable bonds is 5. The molecule has 2 unspecified atom stereocenters. The minimum Gasteiger partial charge on any atom is -0.330 e. The molecule has 2 fully saturated rings. The number of hydrogen-bond acceptors (Lipinski definition) is 6. The predicted octanol–water partition coefficient (Wildman–Crippen LogP) is 0.649. The van der Waals surface area contributed by atoms with Crippen LogP contribution >= 0.6 is 0 Å². The number of fused-ring (bicyclic) bond motifs is 1. The first-order valence-corrected chi connectivity index (χ1v) is 10.3. The maximum Gasteiger partial charge on any atom is 0.262 e. The van der Waals surface area contributed by atoms with Gasteiger partial charge in [0.25, 0.3) is 11.8 Å². The van der Waals surface area contributed by atoms with Gasteiger partial charge in [0.05, 0.1) is 11.1 Å². The second-order valence-electron chi connectivity index (χ2n) is 8.11. The van der Waals surface area contributed by atoms with Gasteiger partial charge >= 0.3 is 0 Å². The van der Waals surface area contributed by atoms with Gasteiger partial charge in [-0.2, -0.15) is 0 Å². The van der Waals surface area contributed by atoms with Crippen LogP contribution in [0, 0.1) is 5.92 Å². The highest BCUT2D eigenvalue weighted by atomic mass is 16.2. The Hall–Kier alpha value is -2.58. The first-order valence-electron chi connectivity index (χ1n) is 10.3. The standard InChI is InChI=1S/C21H26N4O4/c22-9-8-13-3-2-10-24(11-13)12-14-4-1-5-15-18(14)21(29)25(20(15)28)16-6-7-17(26)23-19(16)27/h1,4-5,13,16H,2-3,6-12,22H2,(H,23,26,27). The van der Waals surface area contributed by atoms with Gasteiger partial charge in [-0.25, -0.2) is 0 Å². The monoisotopic (exact) mass is 398 g/mol. The first kappa shape index (κ1) is 19.7. The van der Waals surface area contributed by atoms with Crippen LogP contribution in [0.15, 0.2) is 18.2 Å². The van der Waals surface area contributed by atoms with Crippen LogP contribution in [0.2, 0.25) is 0 Å². The Kier molecular flexibility index (Phi) is 5.47. The molecule has 0 aromatic heterocycles. The van der Waals surface area contributed by atoms with Crippen LogP contribution in [-0.4, -0.2) is 59.1 Å². The topological polar surface area (TPSA) is 113 Å². The molecule has 8 nitrogen and oxygen atoms in total. The van der Waals surface area contributed by atoms with E-state index in [2.05, 4.69) is 10.2 Å². The van der Waals surface area contributed by atoms with E-state index in [9.17, 15) is 19.2 Å². The molecule has 0 saturated carbocycles. The number of carbonyl (C=O) groups excluding carboxylic acids is 4. The Labute approximate surface area is 169 Å². The van der Waals surface area contributed by atoms with E-state index < -0.39 is 23.8 Å². The molecule has 8 heteroatoms. The van der Waals surface area contributed by atoms with Crippen LogP contribution in [0.3, 0.4) is 0 Å². The first-order chi connectivity index (χ1) is 14.0. The number of benzene rings is 1. The van der Waals surface area contributed by atoms with E-state index in [1.165, 1.54) is 6.42 Å². The molecule has 0 aliphatic carbocycles. The van der Waals surface area contributed by atoms with Crippen molar-refractivity contribution in [3.8, 4) is 0 Å². The summed E-state index contributed by atoms with van der Waals surface area (Å²) in [5.41, 5.74) is 7.25. The minimum absolute atomic E-state index is 0.118. The molecule has 4 rings (SSSR count). The molecule has 3 aliphatic rings. The third kappa shape index (κ3) is 3.70. The van der Waals surface area contributed by atoms with E-state index in [1.54, 1.807) is 12.1 Å². The van der Waals surface area contributed by atoms with Crippen LogP contribution in [-0.2, 0) is 16.1 Å². The number of imide groups is 2. The molecule has 1 aromatic rings. The highest BCUT2D eigenvalue weighted by Crippen LogP contribution is 2.31. The molecule has 3 heterocycles.